The minimum absolute atomic E-state index is 0.291. The zero-order chi connectivity index (χ0) is 12.5. The van der Waals surface area contributed by atoms with E-state index in [0.29, 0.717) is 12.1 Å². The molecule has 0 heterocycles. The summed E-state index contributed by atoms with van der Waals surface area (Å²) in [5.41, 5.74) is -1.73. The molecule has 1 unspecified atom stereocenters. The first-order valence-corrected chi connectivity index (χ1v) is 4.32. The molecular formula is C10H8F4O2. The summed E-state index contributed by atoms with van der Waals surface area (Å²) in [6, 6.07) is 1.78. The number of aliphatic hydroxyl groups excluding tert-OH is 1. The standard InChI is InChI=1S/C10H8F4O2/c1-5(15)9(16)6-2-3-7(8(11)4-6)10(12,13)14/h2-5,15H,1H3. The van der Waals surface area contributed by atoms with Crippen LogP contribution in [0.15, 0.2) is 18.2 Å². The van der Waals surface area contributed by atoms with Gasteiger partial charge in [0.1, 0.15) is 11.9 Å². The van der Waals surface area contributed by atoms with Crippen molar-refractivity contribution in [2.75, 3.05) is 0 Å². The van der Waals surface area contributed by atoms with Crippen molar-refractivity contribution in [3.63, 3.8) is 0 Å². The molecule has 0 amide bonds. The number of benzene rings is 1. The van der Waals surface area contributed by atoms with Crippen LogP contribution < -0.4 is 0 Å². The predicted octanol–water partition coefficient (Wildman–Crippen LogP) is 2.41. The van der Waals surface area contributed by atoms with Crippen LogP contribution in [0.3, 0.4) is 0 Å². The molecule has 0 aliphatic rings. The Hall–Kier alpha value is -1.43. The topological polar surface area (TPSA) is 37.3 Å². The highest BCUT2D eigenvalue weighted by atomic mass is 19.4. The summed E-state index contributed by atoms with van der Waals surface area (Å²) in [5.74, 6) is -2.35. The fraction of sp³-hybridized carbons (Fsp3) is 0.300. The first kappa shape index (κ1) is 12.6. The summed E-state index contributed by atoms with van der Waals surface area (Å²) < 4.78 is 49.5. The zero-order valence-corrected chi connectivity index (χ0v) is 8.18. The van der Waals surface area contributed by atoms with E-state index in [-0.39, 0.29) is 5.56 Å². The number of carbonyl (C=O) groups is 1. The predicted molar refractivity (Wildman–Crippen MR) is 47.4 cm³/mol. The quantitative estimate of drug-likeness (QED) is 0.632. The van der Waals surface area contributed by atoms with E-state index in [9.17, 15) is 22.4 Å². The molecule has 1 aromatic carbocycles. The Bertz CT molecular complexity index is 410. The Morgan fingerprint density at radius 2 is 1.94 bits per heavy atom. The lowest BCUT2D eigenvalue weighted by Crippen LogP contribution is -2.17. The Kier molecular flexibility index (Phi) is 3.32. The summed E-state index contributed by atoms with van der Waals surface area (Å²) in [5, 5.41) is 8.90. The molecule has 1 atom stereocenters. The van der Waals surface area contributed by atoms with E-state index in [0.717, 1.165) is 13.0 Å². The number of hydrogen-bond donors (Lipinski definition) is 1. The highest BCUT2D eigenvalue weighted by Gasteiger charge is 2.34. The van der Waals surface area contributed by atoms with Crippen LogP contribution in [0.25, 0.3) is 0 Å². The second-order valence-corrected chi connectivity index (χ2v) is 3.23. The van der Waals surface area contributed by atoms with E-state index < -0.39 is 29.4 Å². The van der Waals surface area contributed by atoms with Crippen LogP contribution in [0, 0.1) is 5.82 Å². The molecule has 0 radical (unpaired) electrons. The minimum Gasteiger partial charge on any atom is -0.385 e. The maximum Gasteiger partial charge on any atom is 0.419 e. The molecule has 0 aliphatic heterocycles. The fourth-order valence-electron chi connectivity index (χ4n) is 1.14. The molecule has 1 N–H and O–H groups in total. The van der Waals surface area contributed by atoms with Crippen molar-refractivity contribution >= 4 is 5.78 Å². The third-order valence-electron chi connectivity index (χ3n) is 1.94. The first-order valence-electron chi connectivity index (χ1n) is 4.32. The van der Waals surface area contributed by atoms with Crippen molar-refractivity contribution in [1.82, 2.24) is 0 Å². The van der Waals surface area contributed by atoms with Crippen LogP contribution in [0.4, 0.5) is 17.6 Å². The van der Waals surface area contributed by atoms with Gasteiger partial charge < -0.3 is 5.11 Å². The molecule has 0 fully saturated rings. The first-order chi connectivity index (χ1) is 7.23. The number of carbonyl (C=O) groups excluding carboxylic acids is 1. The van der Waals surface area contributed by atoms with Crippen molar-refractivity contribution < 1.29 is 27.5 Å². The van der Waals surface area contributed by atoms with Gasteiger partial charge in [-0.1, -0.05) is 6.07 Å². The number of hydrogen-bond acceptors (Lipinski definition) is 2. The van der Waals surface area contributed by atoms with E-state index in [2.05, 4.69) is 0 Å². The zero-order valence-electron chi connectivity index (χ0n) is 8.18. The SMILES string of the molecule is CC(O)C(=O)c1ccc(C(F)(F)F)c(F)c1. The maximum atomic E-state index is 13.0. The van der Waals surface area contributed by atoms with E-state index in [1.807, 2.05) is 0 Å². The number of Topliss-reactive ketones (excluding diaryl/α,β-unsaturated/α-hetero) is 1. The van der Waals surface area contributed by atoms with Crippen LogP contribution in [0.5, 0.6) is 0 Å². The molecule has 0 saturated carbocycles. The fourth-order valence-corrected chi connectivity index (χ4v) is 1.14. The monoisotopic (exact) mass is 236 g/mol. The second kappa shape index (κ2) is 4.21. The third-order valence-corrected chi connectivity index (χ3v) is 1.94. The average Bonchev–Trinajstić information content (AvgIpc) is 2.14. The Balaban J connectivity index is 3.15. The van der Waals surface area contributed by atoms with Crippen LogP contribution in [0.1, 0.15) is 22.8 Å². The van der Waals surface area contributed by atoms with Gasteiger partial charge in [0.15, 0.2) is 5.78 Å². The molecule has 0 spiro atoms. The normalized spacial score (nSPS) is 13.6. The second-order valence-electron chi connectivity index (χ2n) is 3.23. The van der Waals surface area contributed by atoms with Crippen molar-refractivity contribution in [3.05, 3.63) is 35.1 Å². The molecule has 2 nitrogen and oxygen atoms in total. The third kappa shape index (κ3) is 2.57. The number of alkyl halides is 3. The van der Waals surface area contributed by atoms with Crippen molar-refractivity contribution in [1.29, 1.82) is 0 Å². The molecule has 0 bridgehead atoms. The van der Waals surface area contributed by atoms with E-state index in [4.69, 9.17) is 5.11 Å². The van der Waals surface area contributed by atoms with Gasteiger partial charge in [-0.3, -0.25) is 4.79 Å². The maximum absolute atomic E-state index is 13.0. The smallest absolute Gasteiger partial charge is 0.385 e. The van der Waals surface area contributed by atoms with Crippen LogP contribution >= 0.6 is 0 Å². The van der Waals surface area contributed by atoms with Crippen LogP contribution in [-0.4, -0.2) is 17.0 Å². The Labute approximate surface area is 88.5 Å². The van der Waals surface area contributed by atoms with Gasteiger partial charge in [0.2, 0.25) is 0 Å². The molecule has 88 valence electrons. The van der Waals surface area contributed by atoms with Crippen LogP contribution in [0.2, 0.25) is 0 Å². The number of halogens is 4. The van der Waals surface area contributed by atoms with Crippen molar-refractivity contribution in [2.45, 2.75) is 19.2 Å². The molecule has 1 aromatic rings. The van der Waals surface area contributed by atoms with Gasteiger partial charge in [-0.2, -0.15) is 13.2 Å². The Morgan fingerprint density at radius 1 is 1.38 bits per heavy atom. The summed E-state index contributed by atoms with van der Waals surface area (Å²) in [4.78, 5) is 11.2. The van der Waals surface area contributed by atoms with Gasteiger partial charge in [0.05, 0.1) is 5.56 Å². The highest BCUT2D eigenvalue weighted by molar-refractivity contribution is 5.99. The molecular weight excluding hydrogens is 228 g/mol. The van der Waals surface area contributed by atoms with Crippen molar-refractivity contribution in [3.8, 4) is 0 Å². The number of ketones is 1. The minimum atomic E-state index is -4.80. The average molecular weight is 236 g/mol. The van der Waals surface area contributed by atoms with Gasteiger partial charge in [-0.05, 0) is 19.1 Å². The van der Waals surface area contributed by atoms with E-state index >= 15 is 0 Å². The molecule has 16 heavy (non-hydrogen) atoms. The molecule has 0 aromatic heterocycles. The number of rotatable bonds is 2. The summed E-state index contributed by atoms with van der Waals surface area (Å²) in [6.45, 7) is 1.15. The Morgan fingerprint density at radius 3 is 2.31 bits per heavy atom. The largest absolute Gasteiger partial charge is 0.419 e. The van der Waals surface area contributed by atoms with E-state index in [1.165, 1.54) is 0 Å². The molecule has 1 rings (SSSR count). The summed E-state index contributed by atoms with van der Waals surface area (Å²) in [6.07, 6.45) is -6.17. The van der Waals surface area contributed by atoms with Crippen molar-refractivity contribution in [2.24, 2.45) is 0 Å². The summed E-state index contributed by atoms with van der Waals surface area (Å²) >= 11 is 0. The highest BCUT2D eigenvalue weighted by Crippen LogP contribution is 2.31. The molecule has 0 saturated heterocycles. The van der Waals surface area contributed by atoms with Gasteiger partial charge in [-0.25, -0.2) is 4.39 Å². The van der Waals surface area contributed by atoms with Gasteiger partial charge >= 0.3 is 6.18 Å². The lowest BCUT2D eigenvalue weighted by atomic mass is 10.0. The lowest BCUT2D eigenvalue weighted by molar-refractivity contribution is -0.140. The van der Waals surface area contributed by atoms with Gasteiger partial charge in [0, 0.05) is 5.56 Å². The molecule has 6 heteroatoms. The summed E-state index contributed by atoms with van der Waals surface area (Å²) in [7, 11) is 0. The lowest BCUT2D eigenvalue weighted by Gasteiger charge is -2.09. The van der Waals surface area contributed by atoms with E-state index in [1.54, 1.807) is 0 Å². The van der Waals surface area contributed by atoms with Gasteiger partial charge in [0.25, 0.3) is 0 Å². The van der Waals surface area contributed by atoms with Gasteiger partial charge in [-0.15, -0.1) is 0 Å². The van der Waals surface area contributed by atoms with Crippen LogP contribution in [-0.2, 0) is 6.18 Å². The number of aliphatic hydroxyl groups is 1. The molecule has 0 aliphatic carbocycles.